The minimum atomic E-state index is -1.08. The molecule has 1 saturated heterocycles. The van der Waals surface area contributed by atoms with Crippen LogP contribution in [-0.4, -0.2) is 40.2 Å². The lowest BCUT2D eigenvalue weighted by molar-refractivity contribution is -0.142. The monoisotopic (exact) mass is 444 g/mol. The highest BCUT2D eigenvalue weighted by molar-refractivity contribution is 6.30. The fraction of sp³-hybridized carbons (Fsp3) is 0.273. The standard InChI is InChI=1S/C22H22ClFN4O3/c1-13-3-6-15(7-4-13)11-27-19(30)12-28(21-17(24)9-16(23)10-26-21)22(31)20(27)14(2)5-8-18(25)29/h3-4,6-7,9-10,20H,2,5,8,11-12H2,1H3,(H2,25,29). The maximum absolute atomic E-state index is 14.4. The van der Waals surface area contributed by atoms with Crippen molar-refractivity contribution in [3.8, 4) is 0 Å². The highest BCUT2D eigenvalue weighted by Crippen LogP contribution is 2.28. The summed E-state index contributed by atoms with van der Waals surface area (Å²) in [7, 11) is 0. The second-order valence-electron chi connectivity index (χ2n) is 7.42. The molecule has 2 heterocycles. The third-order valence-corrected chi connectivity index (χ3v) is 5.23. The van der Waals surface area contributed by atoms with Crippen LogP contribution in [0.5, 0.6) is 0 Å². The van der Waals surface area contributed by atoms with Crippen LogP contribution in [0.4, 0.5) is 10.2 Å². The molecule has 0 radical (unpaired) electrons. The number of nitrogens with two attached hydrogens (primary N) is 1. The number of aromatic nitrogens is 1. The van der Waals surface area contributed by atoms with E-state index in [9.17, 15) is 18.8 Å². The summed E-state index contributed by atoms with van der Waals surface area (Å²) in [6, 6.07) is 7.48. The van der Waals surface area contributed by atoms with Crippen molar-refractivity contribution in [3.05, 3.63) is 70.6 Å². The van der Waals surface area contributed by atoms with Gasteiger partial charge < -0.3 is 10.6 Å². The van der Waals surface area contributed by atoms with Crippen molar-refractivity contribution in [2.45, 2.75) is 32.4 Å². The molecular weight excluding hydrogens is 423 g/mol. The molecular formula is C22H22ClFN4O3. The molecule has 3 amide bonds. The number of primary amides is 1. The number of rotatable bonds is 7. The molecule has 1 atom stereocenters. The van der Waals surface area contributed by atoms with Gasteiger partial charge in [0.05, 0.1) is 5.02 Å². The molecule has 0 spiro atoms. The summed E-state index contributed by atoms with van der Waals surface area (Å²) in [6.07, 6.45) is 1.30. The Balaban J connectivity index is 1.95. The van der Waals surface area contributed by atoms with E-state index in [-0.39, 0.29) is 36.8 Å². The molecule has 3 rings (SSSR count). The lowest BCUT2D eigenvalue weighted by atomic mass is 9.97. The number of hydrogen-bond acceptors (Lipinski definition) is 4. The van der Waals surface area contributed by atoms with Crippen molar-refractivity contribution >= 4 is 35.1 Å². The first-order valence-electron chi connectivity index (χ1n) is 9.60. The largest absolute Gasteiger partial charge is 0.370 e. The molecule has 9 heteroatoms. The fourth-order valence-electron chi connectivity index (χ4n) is 3.40. The molecule has 1 aliphatic heterocycles. The molecule has 2 aromatic rings. The van der Waals surface area contributed by atoms with Crippen LogP contribution >= 0.6 is 11.6 Å². The summed E-state index contributed by atoms with van der Waals surface area (Å²) in [5.41, 5.74) is 7.45. The topological polar surface area (TPSA) is 96.6 Å². The molecule has 0 aliphatic carbocycles. The number of carbonyl (C=O) groups excluding carboxylic acids is 3. The van der Waals surface area contributed by atoms with E-state index in [1.165, 1.54) is 11.1 Å². The van der Waals surface area contributed by atoms with E-state index in [4.69, 9.17) is 17.3 Å². The molecule has 1 fully saturated rings. The molecule has 7 nitrogen and oxygen atoms in total. The third-order valence-electron chi connectivity index (χ3n) is 5.02. The average molecular weight is 445 g/mol. The Morgan fingerprint density at radius 2 is 1.97 bits per heavy atom. The number of nitrogens with zero attached hydrogens (tertiary/aromatic N) is 3. The normalized spacial score (nSPS) is 16.5. The van der Waals surface area contributed by atoms with Crippen molar-refractivity contribution in [1.82, 2.24) is 9.88 Å². The number of amides is 3. The maximum atomic E-state index is 14.4. The molecule has 1 aromatic heterocycles. The smallest absolute Gasteiger partial charge is 0.255 e. The van der Waals surface area contributed by atoms with Crippen LogP contribution in [0.1, 0.15) is 24.0 Å². The predicted octanol–water partition coefficient (Wildman–Crippen LogP) is 2.75. The first-order valence-corrected chi connectivity index (χ1v) is 9.98. The Morgan fingerprint density at radius 1 is 1.29 bits per heavy atom. The highest BCUT2D eigenvalue weighted by Gasteiger charge is 2.42. The lowest BCUT2D eigenvalue weighted by Crippen LogP contribution is -2.60. The van der Waals surface area contributed by atoms with E-state index in [1.807, 2.05) is 31.2 Å². The lowest BCUT2D eigenvalue weighted by Gasteiger charge is -2.40. The van der Waals surface area contributed by atoms with E-state index < -0.39 is 29.6 Å². The van der Waals surface area contributed by atoms with Crippen LogP contribution in [0.25, 0.3) is 0 Å². The zero-order valence-electron chi connectivity index (χ0n) is 17.0. The van der Waals surface area contributed by atoms with Crippen LogP contribution < -0.4 is 10.6 Å². The van der Waals surface area contributed by atoms with Gasteiger partial charge in [-0.3, -0.25) is 19.3 Å². The van der Waals surface area contributed by atoms with Gasteiger partial charge in [-0.25, -0.2) is 9.37 Å². The zero-order chi connectivity index (χ0) is 22.7. The second kappa shape index (κ2) is 9.26. The van der Waals surface area contributed by atoms with Crippen molar-refractivity contribution in [1.29, 1.82) is 0 Å². The van der Waals surface area contributed by atoms with Crippen LogP contribution in [0, 0.1) is 12.7 Å². The number of carbonyl (C=O) groups is 3. The summed E-state index contributed by atoms with van der Waals surface area (Å²) >= 11 is 5.76. The van der Waals surface area contributed by atoms with Crippen molar-refractivity contribution in [2.75, 3.05) is 11.4 Å². The zero-order valence-corrected chi connectivity index (χ0v) is 17.7. The van der Waals surface area contributed by atoms with Gasteiger partial charge in [0.1, 0.15) is 12.6 Å². The Kier molecular flexibility index (Phi) is 6.70. The first kappa shape index (κ1) is 22.4. The van der Waals surface area contributed by atoms with E-state index in [2.05, 4.69) is 11.6 Å². The average Bonchev–Trinajstić information content (AvgIpc) is 2.71. The van der Waals surface area contributed by atoms with Gasteiger partial charge in [0.25, 0.3) is 5.91 Å². The molecule has 31 heavy (non-hydrogen) atoms. The summed E-state index contributed by atoms with van der Waals surface area (Å²) in [6.45, 7) is 5.65. The quantitative estimate of drug-likeness (QED) is 0.664. The van der Waals surface area contributed by atoms with E-state index in [0.717, 1.165) is 22.1 Å². The van der Waals surface area contributed by atoms with Crippen LogP contribution in [-0.2, 0) is 20.9 Å². The van der Waals surface area contributed by atoms with Crippen molar-refractivity contribution in [2.24, 2.45) is 5.73 Å². The Hall–Kier alpha value is -3.26. The molecule has 1 aromatic carbocycles. The van der Waals surface area contributed by atoms with Gasteiger partial charge in [0.2, 0.25) is 11.8 Å². The van der Waals surface area contributed by atoms with Gasteiger partial charge in [-0.05, 0) is 30.5 Å². The first-order chi connectivity index (χ1) is 14.7. The van der Waals surface area contributed by atoms with E-state index >= 15 is 0 Å². The number of pyridine rings is 1. The molecule has 162 valence electrons. The summed E-state index contributed by atoms with van der Waals surface area (Å²) in [4.78, 5) is 43.9. The van der Waals surface area contributed by atoms with Gasteiger partial charge in [-0.1, -0.05) is 48.0 Å². The maximum Gasteiger partial charge on any atom is 0.255 e. The molecule has 1 aliphatic rings. The summed E-state index contributed by atoms with van der Waals surface area (Å²) in [5, 5.41) is 0.0699. The minimum Gasteiger partial charge on any atom is -0.370 e. The van der Waals surface area contributed by atoms with Crippen LogP contribution in [0.15, 0.2) is 48.7 Å². The summed E-state index contributed by atoms with van der Waals surface area (Å²) < 4.78 is 14.4. The third kappa shape index (κ3) is 5.08. The Bertz CT molecular complexity index is 1040. The second-order valence-corrected chi connectivity index (χ2v) is 7.85. The fourth-order valence-corrected chi connectivity index (χ4v) is 3.54. The molecule has 0 bridgehead atoms. The number of aryl methyl sites for hydroxylation is 1. The number of piperazine rings is 1. The molecule has 1 unspecified atom stereocenters. The number of benzene rings is 1. The van der Waals surface area contributed by atoms with Crippen LogP contribution in [0.3, 0.4) is 0 Å². The summed E-state index contributed by atoms with van der Waals surface area (Å²) in [5.74, 6) is -2.62. The van der Waals surface area contributed by atoms with Gasteiger partial charge in [0, 0.05) is 19.2 Å². The van der Waals surface area contributed by atoms with Crippen LogP contribution in [0.2, 0.25) is 5.02 Å². The number of hydrogen-bond donors (Lipinski definition) is 1. The molecule has 0 saturated carbocycles. The van der Waals surface area contributed by atoms with Gasteiger partial charge in [-0.2, -0.15) is 0 Å². The molecule has 2 N–H and O–H groups in total. The highest BCUT2D eigenvalue weighted by atomic mass is 35.5. The van der Waals surface area contributed by atoms with Crippen molar-refractivity contribution in [3.63, 3.8) is 0 Å². The minimum absolute atomic E-state index is 0.0251. The van der Waals surface area contributed by atoms with Gasteiger partial charge in [-0.15, -0.1) is 0 Å². The number of anilines is 1. The Labute approximate surface area is 184 Å². The van der Waals surface area contributed by atoms with Gasteiger partial charge in [0.15, 0.2) is 11.6 Å². The van der Waals surface area contributed by atoms with Crippen molar-refractivity contribution < 1.29 is 18.8 Å². The predicted molar refractivity (Wildman–Crippen MR) is 115 cm³/mol. The van der Waals surface area contributed by atoms with E-state index in [1.54, 1.807) is 0 Å². The SMILES string of the molecule is C=C(CCC(N)=O)C1C(=O)N(c2ncc(Cl)cc2F)CC(=O)N1Cc1ccc(C)cc1. The number of halogens is 2. The Morgan fingerprint density at radius 3 is 2.58 bits per heavy atom. The van der Waals surface area contributed by atoms with E-state index in [0.29, 0.717) is 5.57 Å². The van der Waals surface area contributed by atoms with Gasteiger partial charge >= 0.3 is 0 Å².